The second-order valence-electron chi connectivity index (χ2n) is 11.4. The lowest BCUT2D eigenvalue weighted by Crippen LogP contribution is -2.57. The molecule has 3 aromatic rings. The first-order valence-electron chi connectivity index (χ1n) is 15.1. The highest BCUT2D eigenvalue weighted by Crippen LogP contribution is 2.44. The van der Waals surface area contributed by atoms with Crippen LogP contribution in [0.3, 0.4) is 0 Å². The highest BCUT2D eigenvalue weighted by atomic mass is 16.5. The van der Waals surface area contributed by atoms with Crippen LogP contribution in [0.2, 0.25) is 0 Å². The lowest BCUT2D eigenvalue weighted by Gasteiger charge is -2.24. The number of nitrogens with one attached hydrogen (secondary N) is 4. The fourth-order valence-electron chi connectivity index (χ4n) is 5.30. The van der Waals surface area contributed by atoms with E-state index in [2.05, 4.69) is 21.3 Å². The van der Waals surface area contributed by atoms with E-state index in [0.29, 0.717) is 5.56 Å². The summed E-state index contributed by atoms with van der Waals surface area (Å²) in [6.07, 6.45) is -1.94. The fourth-order valence-corrected chi connectivity index (χ4v) is 5.30. The first kappa shape index (κ1) is 34.9. The topological polar surface area (TPSA) is 220 Å². The summed E-state index contributed by atoms with van der Waals surface area (Å²) in [5.41, 5.74) is 4.47. The lowest BCUT2D eigenvalue weighted by atomic mass is 9.98. The summed E-state index contributed by atoms with van der Waals surface area (Å²) in [4.78, 5) is 74.7. The molecule has 14 nitrogen and oxygen atoms in total. The number of phenols is 1. The number of phenolic OH excluding ortho intramolecular Hbond substituents is 1. The molecule has 1 aliphatic rings. The SMILES string of the molecule is C[C@H](NC(=O)[C@H](Cc1ccc(O)cc1)NC(=O)[C@H](C)NC(=O)[C@H](CC(=O)O)NC(=O)OCC1c2ccccc2-c2ccccc21)C(=O)O. The third kappa shape index (κ3) is 8.87. The summed E-state index contributed by atoms with van der Waals surface area (Å²) in [6.45, 7) is 2.45. The predicted molar refractivity (Wildman–Crippen MR) is 171 cm³/mol. The van der Waals surface area contributed by atoms with Gasteiger partial charge in [-0.3, -0.25) is 24.0 Å². The highest BCUT2D eigenvalue weighted by Gasteiger charge is 2.32. The number of alkyl carbamates (subject to hydrolysis) is 1. The Hall–Kier alpha value is -5.92. The van der Waals surface area contributed by atoms with Crippen molar-refractivity contribution in [3.05, 3.63) is 89.5 Å². The van der Waals surface area contributed by atoms with Gasteiger partial charge in [0.1, 0.15) is 36.5 Å². The first-order chi connectivity index (χ1) is 22.8. The van der Waals surface area contributed by atoms with Crippen molar-refractivity contribution in [1.29, 1.82) is 0 Å². The van der Waals surface area contributed by atoms with E-state index in [1.165, 1.54) is 38.1 Å². The molecule has 0 spiro atoms. The summed E-state index contributed by atoms with van der Waals surface area (Å²) in [5.74, 6) is -5.65. The fraction of sp³-hybridized carbons (Fsp3) is 0.294. The molecule has 0 unspecified atom stereocenters. The van der Waals surface area contributed by atoms with Gasteiger partial charge in [-0.2, -0.15) is 0 Å². The summed E-state index contributed by atoms with van der Waals surface area (Å²) in [5, 5.41) is 37.5. The molecule has 1 aliphatic carbocycles. The van der Waals surface area contributed by atoms with Gasteiger partial charge in [-0.25, -0.2) is 4.79 Å². The molecule has 4 rings (SSSR count). The summed E-state index contributed by atoms with van der Waals surface area (Å²) in [6, 6.07) is 15.7. The molecule has 0 saturated heterocycles. The Kier molecular flexibility index (Phi) is 11.3. The predicted octanol–water partition coefficient (Wildman–Crippen LogP) is 1.90. The van der Waals surface area contributed by atoms with Crippen LogP contribution in [-0.2, 0) is 35.1 Å². The molecule has 0 bridgehead atoms. The second-order valence-corrected chi connectivity index (χ2v) is 11.4. The van der Waals surface area contributed by atoms with Crippen molar-refractivity contribution < 1.29 is 48.8 Å². The normalized spacial score (nSPS) is 14.2. The molecule has 7 N–H and O–H groups in total. The second kappa shape index (κ2) is 15.6. The van der Waals surface area contributed by atoms with Crippen LogP contribution in [0.25, 0.3) is 11.1 Å². The molecule has 0 fully saturated rings. The van der Waals surface area contributed by atoms with Gasteiger partial charge >= 0.3 is 18.0 Å². The number of amides is 4. The van der Waals surface area contributed by atoms with Crippen molar-refractivity contribution in [2.75, 3.05) is 6.61 Å². The van der Waals surface area contributed by atoms with E-state index in [0.717, 1.165) is 22.3 Å². The van der Waals surface area contributed by atoms with Crippen molar-refractivity contribution in [1.82, 2.24) is 21.3 Å². The molecular weight excluding hydrogens is 624 g/mol. The zero-order valence-corrected chi connectivity index (χ0v) is 26.1. The van der Waals surface area contributed by atoms with Gasteiger partial charge in [0.25, 0.3) is 0 Å². The third-order valence-corrected chi connectivity index (χ3v) is 7.82. The number of hydrogen-bond donors (Lipinski definition) is 7. The van der Waals surface area contributed by atoms with Crippen molar-refractivity contribution in [3.8, 4) is 16.9 Å². The minimum absolute atomic E-state index is 0.0257. The minimum atomic E-state index is -1.61. The van der Waals surface area contributed by atoms with E-state index in [1.807, 2.05) is 48.5 Å². The molecule has 0 radical (unpaired) electrons. The smallest absolute Gasteiger partial charge is 0.407 e. The summed E-state index contributed by atoms with van der Waals surface area (Å²) >= 11 is 0. The standard InChI is InChI=1S/C34H36N4O10/c1-18(30(42)37-27(31(43)36-19(2)33(45)46)15-20-11-13-21(39)14-12-20)35-32(44)28(16-29(40)41)38-34(47)48-17-26-24-9-5-3-7-22(24)23-8-4-6-10-25(23)26/h3-14,18-19,26-28,39H,15-17H2,1-2H3,(H,35,44)(H,36,43)(H,37,42)(H,38,47)(H,40,41)(H,45,46)/t18-,19-,27-,28-/m0/s1. The van der Waals surface area contributed by atoms with Gasteiger partial charge in [0.15, 0.2) is 0 Å². The van der Waals surface area contributed by atoms with Crippen LogP contribution in [0.15, 0.2) is 72.8 Å². The Morgan fingerprint density at radius 1 is 0.688 bits per heavy atom. The van der Waals surface area contributed by atoms with Crippen LogP contribution in [0.1, 0.15) is 42.9 Å². The molecule has 4 atom stereocenters. The first-order valence-corrected chi connectivity index (χ1v) is 15.1. The average molecular weight is 661 g/mol. The molecule has 0 heterocycles. The summed E-state index contributed by atoms with van der Waals surface area (Å²) in [7, 11) is 0. The Morgan fingerprint density at radius 3 is 1.79 bits per heavy atom. The van der Waals surface area contributed by atoms with Crippen LogP contribution in [0.5, 0.6) is 5.75 Å². The van der Waals surface area contributed by atoms with E-state index in [-0.39, 0.29) is 24.7 Å². The number of rotatable bonds is 14. The number of benzene rings is 3. The van der Waals surface area contributed by atoms with Crippen molar-refractivity contribution in [2.24, 2.45) is 0 Å². The monoisotopic (exact) mass is 660 g/mol. The number of hydrogen-bond acceptors (Lipinski definition) is 8. The van der Waals surface area contributed by atoms with Crippen LogP contribution < -0.4 is 21.3 Å². The van der Waals surface area contributed by atoms with Crippen molar-refractivity contribution >= 4 is 35.8 Å². The van der Waals surface area contributed by atoms with Gasteiger partial charge in [-0.1, -0.05) is 60.7 Å². The molecular formula is C34H36N4O10. The Bertz CT molecular complexity index is 1650. The molecule has 3 aromatic carbocycles. The number of carbonyl (C=O) groups excluding carboxylic acids is 4. The Morgan fingerprint density at radius 2 is 1.23 bits per heavy atom. The lowest BCUT2D eigenvalue weighted by molar-refractivity contribution is -0.141. The van der Waals surface area contributed by atoms with E-state index < -0.39 is 66.3 Å². The van der Waals surface area contributed by atoms with Gasteiger partial charge in [-0.05, 0) is 53.8 Å². The molecule has 4 amide bonds. The maximum absolute atomic E-state index is 13.1. The van der Waals surface area contributed by atoms with Gasteiger partial charge < -0.3 is 41.3 Å². The van der Waals surface area contributed by atoms with Crippen LogP contribution in [0.4, 0.5) is 4.79 Å². The van der Waals surface area contributed by atoms with Crippen molar-refractivity contribution in [3.63, 3.8) is 0 Å². The number of aromatic hydroxyl groups is 1. The Balaban J connectivity index is 1.38. The highest BCUT2D eigenvalue weighted by molar-refractivity contribution is 5.95. The van der Waals surface area contributed by atoms with Gasteiger partial charge in [0, 0.05) is 12.3 Å². The van der Waals surface area contributed by atoms with Gasteiger partial charge in [0.05, 0.1) is 6.42 Å². The molecule has 14 heteroatoms. The molecule has 0 aromatic heterocycles. The number of carboxylic acid groups (broad SMARTS) is 2. The zero-order valence-electron chi connectivity index (χ0n) is 26.1. The summed E-state index contributed by atoms with van der Waals surface area (Å²) < 4.78 is 5.44. The van der Waals surface area contributed by atoms with E-state index in [1.54, 1.807) is 0 Å². The van der Waals surface area contributed by atoms with E-state index >= 15 is 0 Å². The van der Waals surface area contributed by atoms with Gasteiger partial charge in [-0.15, -0.1) is 0 Å². The number of carbonyl (C=O) groups is 6. The maximum Gasteiger partial charge on any atom is 0.407 e. The quantitative estimate of drug-likeness (QED) is 0.133. The van der Waals surface area contributed by atoms with Crippen LogP contribution in [-0.4, -0.2) is 81.8 Å². The number of fused-ring (bicyclic) bond motifs is 3. The molecule has 48 heavy (non-hydrogen) atoms. The number of aliphatic carboxylic acids is 2. The zero-order chi connectivity index (χ0) is 35.0. The molecule has 252 valence electrons. The van der Waals surface area contributed by atoms with Crippen LogP contribution in [0, 0.1) is 0 Å². The van der Waals surface area contributed by atoms with Gasteiger partial charge in [0.2, 0.25) is 17.7 Å². The van der Waals surface area contributed by atoms with Crippen LogP contribution >= 0.6 is 0 Å². The van der Waals surface area contributed by atoms with E-state index in [9.17, 15) is 44.1 Å². The Labute approximate surface area is 275 Å². The van der Waals surface area contributed by atoms with E-state index in [4.69, 9.17) is 4.74 Å². The third-order valence-electron chi connectivity index (χ3n) is 7.82. The maximum atomic E-state index is 13.1. The number of ether oxygens (including phenoxy) is 1. The van der Waals surface area contributed by atoms with Crippen molar-refractivity contribution in [2.45, 2.75) is 56.8 Å². The molecule has 0 aliphatic heterocycles. The minimum Gasteiger partial charge on any atom is -0.508 e. The number of carboxylic acids is 2. The average Bonchev–Trinajstić information content (AvgIpc) is 3.37. The largest absolute Gasteiger partial charge is 0.508 e. The molecule has 0 saturated carbocycles.